The molecule has 1 aliphatic rings. The molecule has 4 amide bonds. The van der Waals surface area contributed by atoms with Crippen molar-refractivity contribution in [2.45, 2.75) is 84.6 Å². The molecule has 0 unspecified atom stereocenters. The Morgan fingerprint density at radius 2 is 1.68 bits per heavy atom. The van der Waals surface area contributed by atoms with E-state index >= 15 is 0 Å². The topological polar surface area (TPSA) is 159 Å². The van der Waals surface area contributed by atoms with Crippen LogP contribution in [0.5, 0.6) is 5.75 Å². The maximum absolute atomic E-state index is 12.7. The fraction of sp³-hybridized carbons (Fsp3) is 0.545. The molecule has 0 spiro atoms. The molecule has 1 aromatic carbocycles. The van der Waals surface area contributed by atoms with E-state index in [1.165, 1.54) is 18.2 Å². The number of anilines is 1. The number of Topliss-reactive ketones (excluding diaryl/α,β-unsaturated/α-hetero) is 2. The minimum atomic E-state index is -0.790. The van der Waals surface area contributed by atoms with Crippen molar-refractivity contribution in [2.24, 2.45) is 11.8 Å². The molecule has 0 saturated heterocycles. The summed E-state index contributed by atoms with van der Waals surface area (Å²) in [4.78, 5) is 73.8. The Kier molecular flexibility index (Phi) is 15.3. The summed E-state index contributed by atoms with van der Waals surface area (Å²) < 4.78 is 5.43. The van der Waals surface area contributed by atoms with E-state index in [0.717, 1.165) is 29.7 Å². The van der Waals surface area contributed by atoms with Crippen molar-refractivity contribution in [3.05, 3.63) is 42.8 Å². The number of rotatable bonds is 21. The van der Waals surface area contributed by atoms with Gasteiger partial charge in [0.1, 0.15) is 11.5 Å². The number of hydrogen-bond acceptors (Lipinski definition) is 8. The molecule has 1 aliphatic heterocycles. The first-order valence-electron chi connectivity index (χ1n) is 15.3. The second kappa shape index (κ2) is 18.6. The number of carbonyl (C=O) groups is 6. The van der Waals surface area contributed by atoms with Gasteiger partial charge in [0.2, 0.25) is 11.8 Å². The molecule has 0 aromatic heterocycles. The van der Waals surface area contributed by atoms with Gasteiger partial charge in [0.15, 0.2) is 5.78 Å². The van der Waals surface area contributed by atoms with Crippen LogP contribution in [-0.4, -0.2) is 71.0 Å². The SMILES string of the molecule is [CH2+][C@H](CCC)Cc1ccc(O)c(NC(=O)[C@H](C)CC(=O)[C@H](C)NC(=O)CCOCCCC(=O)CCCN2C(=O)C=CC2=O)c1. The van der Waals surface area contributed by atoms with Gasteiger partial charge in [-0.25, -0.2) is 0 Å². The van der Waals surface area contributed by atoms with Crippen LogP contribution in [0.25, 0.3) is 0 Å². The Balaban J connectivity index is 1.61. The van der Waals surface area contributed by atoms with Gasteiger partial charge >= 0.3 is 0 Å². The third kappa shape index (κ3) is 12.7. The second-order valence-corrected chi connectivity index (χ2v) is 11.3. The number of amides is 4. The predicted molar refractivity (Wildman–Crippen MR) is 165 cm³/mol. The molecular weight excluding hydrogens is 566 g/mol. The summed E-state index contributed by atoms with van der Waals surface area (Å²) in [6.45, 7) is 10.0. The Hall–Kier alpha value is -3.99. The van der Waals surface area contributed by atoms with Crippen molar-refractivity contribution in [1.29, 1.82) is 0 Å². The van der Waals surface area contributed by atoms with Gasteiger partial charge in [-0.2, -0.15) is 0 Å². The normalized spacial score (nSPS) is 14.8. The van der Waals surface area contributed by atoms with E-state index in [-0.39, 0.29) is 79.1 Å². The summed E-state index contributed by atoms with van der Waals surface area (Å²) in [5.41, 5.74) is 1.23. The molecule has 0 saturated carbocycles. The first kappa shape index (κ1) is 36.2. The Morgan fingerprint density at radius 1 is 1.00 bits per heavy atom. The lowest BCUT2D eigenvalue weighted by Gasteiger charge is -2.17. The van der Waals surface area contributed by atoms with Gasteiger partial charge < -0.3 is 20.5 Å². The highest BCUT2D eigenvalue weighted by atomic mass is 16.5. The van der Waals surface area contributed by atoms with E-state index in [1.54, 1.807) is 26.0 Å². The molecule has 44 heavy (non-hydrogen) atoms. The van der Waals surface area contributed by atoms with E-state index in [2.05, 4.69) is 24.5 Å². The Labute approximate surface area is 259 Å². The minimum absolute atomic E-state index is 0.00792. The van der Waals surface area contributed by atoms with Crippen LogP contribution < -0.4 is 10.6 Å². The first-order chi connectivity index (χ1) is 20.9. The van der Waals surface area contributed by atoms with Crippen LogP contribution in [0.3, 0.4) is 0 Å². The molecule has 0 bridgehead atoms. The number of benzene rings is 1. The smallest absolute Gasteiger partial charge is 0.253 e. The van der Waals surface area contributed by atoms with Crippen LogP contribution >= 0.6 is 0 Å². The van der Waals surface area contributed by atoms with Gasteiger partial charge in [0.25, 0.3) is 11.8 Å². The third-order valence-electron chi connectivity index (χ3n) is 7.31. The number of nitrogens with one attached hydrogen (secondary N) is 2. The largest absolute Gasteiger partial charge is 0.506 e. The van der Waals surface area contributed by atoms with E-state index in [9.17, 15) is 33.9 Å². The summed E-state index contributed by atoms with van der Waals surface area (Å²) in [6.07, 6.45) is 6.55. The van der Waals surface area contributed by atoms with E-state index in [4.69, 9.17) is 4.74 Å². The lowest BCUT2D eigenvalue weighted by atomic mass is 9.96. The average molecular weight is 613 g/mol. The lowest BCUT2D eigenvalue weighted by Crippen LogP contribution is -2.40. The minimum Gasteiger partial charge on any atom is -0.506 e. The number of phenols is 1. The average Bonchev–Trinajstić information content (AvgIpc) is 3.28. The predicted octanol–water partition coefficient (Wildman–Crippen LogP) is 3.68. The number of carbonyl (C=O) groups excluding carboxylic acids is 6. The van der Waals surface area contributed by atoms with Crippen molar-refractivity contribution in [2.75, 3.05) is 25.1 Å². The second-order valence-electron chi connectivity index (χ2n) is 11.3. The molecule has 11 heteroatoms. The zero-order chi connectivity index (χ0) is 32.6. The van der Waals surface area contributed by atoms with Crippen molar-refractivity contribution >= 4 is 40.9 Å². The summed E-state index contributed by atoms with van der Waals surface area (Å²) in [7, 11) is 0. The molecular formula is C33H46N3O8+. The number of nitrogens with zero attached hydrogens (tertiary/aromatic N) is 1. The summed E-state index contributed by atoms with van der Waals surface area (Å²) >= 11 is 0. The standard InChI is InChI=1S/C33H45N3O8/c1-5-8-22(2)19-25-11-12-28(38)27(21-25)35-33(43)23(3)20-29(39)24(4)34-30(40)15-18-44-17-7-10-26(37)9-6-16-36-31(41)13-14-32(36)42/h11-14,21-24H,2,5-10,15-20H2,1,3-4H3,(H2-,34,35,38,40,41,42,43)/p+1/t22-,23-,24+/m1/s1. The number of imide groups is 1. The fourth-order valence-electron chi connectivity index (χ4n) is 4.72. The maximum Gasteiger partial charge on any atom is 0.253 e. The van der Waals surface area contributed by atoms with E-state index in [0.29, 0.717) is 25.9 Å². The Morgan fingerprint density at radius 3 is 2.36 bits per heavy atom. The number of aromatic hydroxyl groups is 1. The van der Waals surface area contributed by atoms with Crippen LogP contribution in [0, 0.1) is 18.8 Å². The van der Waals surface area contributed by atoms with Crippen molar-refractivity contribution < 1.29 is 38.6 Å². The van der Waals surface area contributed by atoms with Gasteiger partial charge in [-0.1, -0.05) is 26.3 Å². The molecule has 1 heterocycles. The van der Waals surface area contributed by atoms with Crippen LogP contribution in [0.15, 0.2) is 30.4 Å². The van der Waals surface area contributed by atoms with E-state index in [1.807, 2.05) is 0 Å². The van der Waals surface area contributed by atoms with Gasteiger partial charge in [-0.15, -0.1) is 0 Å². The van der Waals surface area contributed by atoms with Crippen LogP contribution in [0.4, 0.5) is 5.69 Å². The van der Waals surface area contributed by atoms with Gasteiger partial charge in [-0.3, -0.25) is 33.7 Å². The van der Waals surface area contributed by atoms with Gasteiger partial charge in [0, 0.05) is 63.3 Å². The number of hydrogen-bond donors (Lipinski definition) is 3. The van der Waals surface area contributed by atoms with Crippen LogP contribution in [0.1, 0.15) is 77.7 Å². The Bertz CT molecular complexity index is 1190. The molecule has 0 fully saturated rings. The summed E-state index contributed by atoms with van der Waals surface area (Å²) in [5, 5.41) is 15.5. The van der Waals surface area contributed by atoms with Crippen LogP contribution in [0.2, 0.25) is 0 Å². The van der Waals surface area contributed by atoms with Crippen molar-refractivity contribution in [1.82, 2.24) is 10.2 Å². The maximum atomic E-state index is 12.7. The number of phenolic OH excluding ortho intramolecular Hbond substituents is 1. The lowest BCUT2D eigenvalue weighted by molar-refractivity contribution is -0.137. The zero-order valence-corrected chi connectivity index (χ0v) is 26.1. The summed E-state index contributed by atoms with van der Waals surface area (Å²) in [6, 6.07) is 4.27. The van der Waals surface area contributed by atoms with Crippen LogP contribution in [-0.2, 0) is 39.9 Å². The van der Waals surface area contributed by atoms with Crippen molar-refractivity contribution in [3.8, 4) is 5.75 Å². The molecule has 240 valence electrons. The molecule has 1 aromatic rings. The molecule has 0 aliphatic carbocycles. The highest BCUT2D eigenvalue weighted by Crippen LogP contribution is 2.27. The molecule has 0 radical (unpaired) electrons. The fourth-order valence-corrected chi connectivity index (χ4v) is 4.72. The van der Waals surface area contributed by atoms with Crippen molar-refractivity contribution in [3.63, 3.8) is 0 Å². The molecule has 11 nitrogen and oxygen atoms in total. The number of ether oxygens (including phenoxy) is 1. The monoisotopic (exact) mass is 612 g/mol. The highest BCUT2D eigenvalue weighted by molar-refractivity contribution is 6.12. The molecule has 3 atom stereocenters. The summed E-state index contributed by atoms with van der Waals surface area (Å²) in [5.74, 6) is -2.30. The molecule has 3 N–H and O–H groups in total. The first-order valence-corrected chi connectivity index (χ1v) is 15.3. The quantitative estimate of drug-likeness (QED) is 0.0821. The molecule has 2 rings (SSSR count). The zero-order valence-electron chi connectivity index (χ0n) is 26.1. The number of ketones is 2. The third-order valence-corrected chi connectivity index (χ3v) is 7.31. The van der Waals surface area contributed by atoms with Gasteiger partial charge in [0.05, 0.1) is 31.2 Å². The van der Waals surface area contributed by atoms with Gasteiger partial charge in [-0.05, 0) is 43.9 Å². The highest BCUT2D eigenvalue weighted by Gasteiger charge is 2.24. The van der Waals surface area contributed by atoms with E-state index < -0.39 is 17.9 Å².